The molecule has 2 heterocycles. The molecule has 206 valence electrons. The summed E-state index contributed by atoms with van der Waals surface area (Å²) in [7, 11) is 0. The number of hydrogen-bond donors (Lipinski definition) is 3. The topological polar surface area (TPSA) is 100 Å². The molecule has 7 nitrogen and oxygen atoms in total. The SMILES string of the molecule is CCC(F)(F)c1cccc(C(C)(O)c2nc(C3=CCCC=C(NC(=O)c4cscn4)C=C3)cn2CCCO)c1. The van der Waals surface area contributed by atoms with Crippen LogP contribution < -0.4 is 5.32 Å². The Morgan fingerprint density at radius 2 is 1.97 bits per heavy atom. The van der Waals surface area contributed by atoms with Gasteiger partial charge in [0.25, 0.3) is 11.8 Å². The van der Waals surface area contributed by atoms with E-state index in [2.05, 4.69) is 10.3 Å². The predicted molar refractivity (Wildman–Crippen MR) is 147 cm³/mol. The number of rotatable bonds is 10. The van der Waals surface area contributed by atoms with E-state index >= 15 is 0 Å². The van der Waals surface area contributed by atoms with Gasteiger partial charge in [0, 0.05) is 42.4 Å². The lowest BCUT2D eigenvalue weighted by molar-refractivity contribution is -0.00874. The van der Waals surface area contributed by atoms with Gasteiger partial charge in [-0.1, -0.05) is 43.4 Å². The molecule has 3 aromatic rings. The first-order valence-electron chi connectivity index (χ1n) is 12.8. The average Bonchev–Trinajstić information content (AvgIpc) is 3.60. The van der Waals surface area contributed by atoms with Crippen molar-refractivity contribution in [3.05, 3.63) is 99.7 Å². The minimum atomic E-state index is -3.02. The highest BCUT2D eigenvalue weighted by Crippen LogP contribution is 2.36. The largest absolute Gasteiger partial charge is 0.396 e. The van der Waals surface area contributed by atoms with Gasteiger partial charge in [-0.15, -0.1) is 11.3 Å². The highest BCUT2D eigenvalue weighted by Gasteiger charge is 2.35. The van der Waals surface area contributed by atoms with E-state index in [1.807, 2.05) is 18.2 Å². The summed E-state index contributed by atoms with van der Waals surface area (Å²) >= 11 is 1.35. The van der Waals surface area contributed by atoms with E-state index in [4.69, 9.17) is 4.98 Å². The molecule has 1 unspecified atom stereocenters. The zero-order valence-corrected chi connectivity index (χ0v) is 22.7. The summed E-state index contributed by atoms with van der Waals surface area (Å²) in [6.45, 7) is 3.28. The molecule has 39 heavy (non-hydrogen) atoms. The van der Waals surface area contributed by atoms with E-state index in [9.17, 15) is 23.8 Å². The van der Waals surface area contributed by atoms with Gasteiger partial charge in [0.15, 0.2) is 0 Å². The number of imidazole rings is 1. The molecular formula is C29H32F2N4O3S. The number of nitrogens with one attached hydrogen (secondary N) is 1. The number of alkyl halides is 2. The van der Waals surface area contributed by atoms with E-state index in [1.54, 1.807) is 33.8 Å². The Bertz CT molecular complexity index is 1390. The number of carbonyl (C=O) groups excluding carboxylic acids is 1. The van der Waals surface area contributed by atoms with Crippen molar-refractivity contribution in [1.29, 1.82) is 0 Å². The van der Waals surface area contributed by atoms with Crippen LogP contribution in [-0.2, 0) is 18.1 Å². The Kier molecular flexibility index (Phi) is 8.89. The number of hydrogen-bond acceptors (Lipinski definition) is 6. The maximum atomic E-state index is 14.4. The molecule has 0 saturated heterocycles. The van der Waals surface area contributed by atoms with Gasteiger partial charge in [-0.3, -0.25) is 4.79 Å². The summed E-state index contributed by atoms with van der Waals surface area (Å²) in [6, 6.07) is 5.80. The molecule has 2 aromatic heterocycles. The summed E-state index contributed by atoms with van der Waals surface area (Å²) in [4.78, 5) is 21.3. The van der Waals surface area contributed by atoms with Gasteiger partial charge in [0.05, 0.1) is 11.2 Å². The molecule has 1 aliphatic carbocycles. The van der Waals surface area contributed by atoms with E-state index < -0.39 is 11.5 Å². The minimum absolute atomic E-state index is 0.0528. The van der Waals surface area contributed by atoms with Crippen LogP contribution in [0, 0.1) is 0 Å². The molecule has 1 amide bonds. The number of amides is 1. The van der Waals surface area contributed by atoms with Crippen LogP contribution in [0.4, 0.5) is 8.78 Å². The molecule has 10 heteroatoms. The summed E-state index contributed by atoms with van der Waals surface area (Å²) < 4.78 is 30.6. The predicted octanol–water partition coefficient (Wildman–Crippen LogP) is 5.53. The van der Waals surface area contributed by atoms with Gasteiger partial charge in [-0.25, -0.2) is 18.7 Å². The lowest BCUT2D eigenvalue weighted by Gasteiger charge is -2.26. The molecule has 0 spiro atoms. The number of aryl methyl sites for hydroxylation is 1. The Morgan fingerprint density at radius 1 is 1.21 bits per heavy atom. The maximum absolute atomic E-state index is 14.4. The fourth-order valence-corrected chi connectivity index (χ4v) is 4.87. The van der Waals surface area contributed by atoms with Crippen LogP contribution >= 0.6 is 11.3 Å². The molecule has 0 aliphatic heterocycles. The Morgan fingerprint density at radius 3 is 2.69 bits per heavy atom. The number of nitrogens with zero attached hydrogens (tertiary/aromatic N) is 3. The second kappa shape index (κ2) is 12.1. The van der Waals surface area contributed by atoms with E-state index in [0.717, 1.165) is 5.57 Å². The zero-order valence-electron chi connectivity index (χ0n) is 21.9. The van der Waals surface area contributed by atoms with Crippen LogP contribution in [0.3, 0.4) is 0 Å². The van der Waals surface area contributed by atoms with Crippen LogP contribution in [0.25, 0.3) is 5.57 Å². The molecule has 0 saturated carbocycles. The van der Waals surface area contributed by atoms with Crippen LogP contribution in [0.5, 0.6) is 0 Å². The molecule has 4 rings (SSSR count). The number of halogens is 2. The second-order valence-corrected chi connectivity index (χ2v) is 10.2. The monoisotopic (exact) mass is 554 g/mol. The van der Waals surface area contributed by atoms with Crippen molar-refractivity contribution >= 4 is 22.8 Å². The molecule has 1 atom stereocenters. The van der Waals surface area contributed by atoms with Crippen LogP contribution in [0.1, 0.15) is 72.7 Å². The van der Waals surface area contributed by atoms with Crippen molar-refractivity contribution in [3.63, 3.8) is 0 Å². The first-order valence-corrected chi connectivity index (χ1v) is 13.8. The lowest BCUT2D eigenvalue weighted by Crippen LogP contribution is -2.28. The number of carbonyl (C=O) groups is 1. The molecule has 0 bridgehead atoms. The van der Waals surface area contributed by atoms with Crippen molar-refractivity contribution in [2.75, 3.05) is 6.61 Å². The normalized spacial score (nSPS) is 15.6. The summed E-state index contributed by atoms with van der Waals surface area (Å²) in [5.41, 5.74) is 2.42. The molecule has 1 aliphatic rings. The van der Waals surface area contributed by atoms with Crippen molar-refractivity contribution < 1.29 is 23.8 Å². The number of aromatic nitrogens is 3. The standard InChI is InChI=1S/C29H32F2N4O3S/c1-3-29(30,31)22-10-6-9-21(16-22)28(2,38)27-34-24(17-35(27)14-7-15-36)20-8-4-5-11-23(13-12-20)33-26(37)25-18-39-19-32-25/h6,8-13,16-19,36,38H,3-5,7,14-15H2,1-2H3,(H,33,37). The lowest BCUT2D eigenvalue weighted by atomic mass is 9.91. The Hall–Kier alpha value is -3.47. The summed E-state index contributed by atoms with van der Waals surface area (Å²) in [5, 5.41) is 25.6. The third kappa shape index (κ3) is 6.58. The third-order valence-electron chi connectivity index (χ3n) is 6.62. The first-order chi connectivity index (χ1) is 18.7. The van der Waals surface area contributed by atoms with Gasteiger partial charge < -0.3 is 20.1 Å². The van der Waals surface area contributed by atoms with E-state index in [1.165, 1.54) is 43.4 Å². The van der Waals surface area contributed by atoms with Crippen LogP contribution in [0.15, 0.2) is 71.4 Å². The zero-order chi connectivity index (χ0) is 28.0. The van der Waals surface area contributed by atoms with E-state index in [-0.39, 0.29) is 30.3 Å². The van der Waals surface area contributed by atoms with Gasteiger partial charge in [-0.2, -0.15) is 0 Å². The van der Waals surface area contributed by atoms with Gasteiger partial charge in [0.1, 0.15) is 17.1 Å². The maximum Gasteiger partial charge on any atom is 0.275 e. The van der Waals surface area contributed by atoms with Crippen molar-refractivity contribution in [3.8, 4) is 0 Å². The second-order valence-electron chi connectivity index (χ2n) is 9.49. The summed E-state index contributed by atoms with van der Waals surface area (Å²) in [5.74, 6) is -3.02. The number of benzene rings is 1. The van der Waals surface area contributed by atoms with Crippen molar-refractivity contribution in [2.24, 2.45) is 0 Å². The summed E-state index contributed by atoms with van der Waals surface area (Å²) in [6.07, 6.45) is 10.8. The average molecular weight is 555 g/mol. The highest BCUT2D eigenvalue weighted by atomic mass is 32.1. The molecule has 1 aromatic carbocycles. The Labute approximate surface area is 230 Å². The van der Waals surface area contributed by atoms with Gasteiger partial charge >= 0.3 is 0 Å². The molecule has 3 N–H and O–H groups in total. The minimum Gasteiger partial charge on any atom is -0.396 e. The van der Waals surface area contributed by atoms with E-state index in [0.29, 0.717) is 48.5 Å². The number of thiazole rings is 1. The number of aliphatic hydroxyl groups excluding tert-OH is 1. The van der Waals surface area contributed by atoms with Gasteiger partial charge in [0.2, 0.25) is 0 Å². The quantitative estimate of drug-likeness (QED) is 0.306. The smallest absolute Gasteiger partial charge is 0.275 e. The fraction of sp³-hybridized carbons (Fsp3) is 0.345. The van der Waals surface area contributed by atoms with Crippen molar-refractivity contribution in [1.82, 2.24) is 19.9 Å². The molecular weight excluding hydrogens is 522 g/mol. The fourth-order valence-electron chi connectivity index (χ4n) is 4.33. The third-order valence-corrected chi connectivity index (χ3v) is 7.20. The number of aliphatic hydroxyl groups is 2. The van der Waals surface area contributed by atoms with Gasteiger partial charge in [-0.05, 0) is 49.5 Å². The number of allylic oxidation sites excluding steroid dienone is 5. The highest BCUT2D eigenvalue weighted by molar-refractivity contribution is 7.07. The van der Waals surface area contributed by atoms with Crippen LogP contribution in [-0.4, -0.2) is 37.3 Å². The first kappa shape index (κ1) is 28.5. The molecule has 0 fully saturated rings. The Balaban J connectivity index is 1.65. The van der Waals surface area contributed by atoms with Crippen molar-refractivity contribution in [2.45, 2.75) is 57.6 Å². The van der Waals surface area contributed by atoms with Crippen LogP contribution in [0.2, 0.25) is 0 Å². The molecule has 0 radical (unpaired) electrons.